The summed E-state index contributed by atoms with van der Waals surface area (Å²) in [5, 5.41) is 4.32. The van der Waals surface area contributed by atoms with E-state index in [1.165, 1.54) is 32.7 Å². The van der Waals surface area contributed by atoms with Crippen LogP contribution in [0.25, 0.3) is 11.4 Å². The van der Waals surface area contributed by atoms with Gasteiger partial charge in [-0.15, -0.1) is 15.9 Å². The van der Waals surface area contributed by atoms with Crippen LogP contribution in [-0.2, 0) is 0 Å². The Morgan fingerprint density at radius 1 is 1.14 bits per heavy atom. The Morgan fingerprint density at radius 2 is 1.91 bits per heavy atom. The lowest BCUT2D eigenvalue weighted by atomic mass is 10.1. The third-order valence-corrected chi connectivity index (χ3v) is 7.14. The van der Waals surface area contributed by atoms with E-state index in [1.54, 1.807) is 34.4 Å². The van der Waals surface area contributed by atoms with Crippen molar-refractivity contribution in [2.24, 2.45) is 0 Å². The zero-order valence-corrected chi connectivity index (χ0v) is 16.2. The fourth-order valence-electron chi connectivity index (χ4n) is 2.58. The van der Waals surface area contributed by atoms with Crippen LogP contribution in [0.2, 0.25) is 0 Å². The van der Waals surface area contributed by atoms with E-state index in [4.69, 9.17) is 12.2 Å². The van der Waals surface area contributed by atoms with E-state index in [2.05, 4.69) is 65.1 Å². The second kappa shape index (κ2) is 6.28. The summed E-state index contributed by atoms with van der Waals surface area (Å²) in [6.07, 6.45) is 2.13. The molecule has 0 amide bonds. The quantitative estimate of drug-likeness (QED) is 0.356. The van der Waals surface area contributed by atoms with Crippen molar-refractivity contribution in [2.75, 3.05) is 6.26 Å². The van der Waals surface area contributed by atoms with Gasteiger partial charge in [-0.1, -0.05) is 17.4 Å². The molecule has 0 aliphatic carbocycles. The molecule has 22 heavy (non-hydrogen) atoms. The molecule has 0 N–H and O–H groups in total. The van der Waals surface area contributed by atoms with Crippen LogP contribution in [0.15, 0.2) is 33.3 Å². The highest BCUT2D eigenvalue weighted by molar-refractivity contribution is 8.00. The number of thioether (sulfide) groups is 1. The average Bonchev–Trinajstić information content (AvgIpc) is 3.03. The predicted molar refractivity (Wildman–Crippen MR) is 99.9 cm³/mol. The molecule has 2 heterocycles. The lowest BCUT2D eigenvalue weighted by Gasteiger charge is -2.11. The van der Waals surface area contributed by atoms with Crippen molar-refractivity contribution in [3.05, 3.63) is 49.9 Å². The van der Waals surface area contributed by atoms with Gasteiger partial charge in [0.05, 0.1) is 11.1 Å². The van der Waals surface area contributed by atoms with Crippen LogP contribution in [-0.4, -0.2) is 10.8 Å². The molecule has 2 nitrogen and oxygen atoms in total. The maximum atomic E-state index is 5.50. The monoisotopic (exact) mass is 365 g/mol. The summed E-state index contributed by atoms with van der Waals surface area (Å²) < 4.78 is 6.69. The molecule has 6 heteroatoms. The first-order valence-corrected chi connectivity index (χ1v) is 10.3. The fraction of sp³-hybridized carbons (Fsp3) is 0.250. The average molecular weight is 366 g/mol. The second-order valence-corrected chi connectivity index (χ2v) is 8.50. The van der Waals surface area contributed by atoms with Crippen LogP contribution in [0.4, 0.5) is 0 Å². The largest absolute Gasteiger partial charge is 0.303 e. The van der Waals surface area contributed by atoms with Gasteiger partial charge in [0.15, 0.2) is 9.65 Å². The van der Waals surface area contributed by atoms with Gasteiger partial charge >= 0.3 is 4.34 Å². The van der Waals surface area contributed by atoms with Gasteiger partial charge in [0.1, 0.15) is 0 Å². The van der Waals surface area contributed by atoms with E-state index in [0.717, 1.165) is 3.95 Å². The normalized spacial score (nSPS) is 11.1. The molecule has 0 saturated carbocycles. The summed E-state index contributed by atoms with van der Waals surface area (Å²) in [6, 6.07) is 6.45. The van der Waals surface area contributed by atoms with Crippen molar-refractivity contribution in [1.29, 1.82) is 0 Å². The number of hydrogen-bond donors (Lipinski definition) is 0. The first-order chi connectivity index (χ1) is 10.5. The Kier molecular flexibility index (Phi) is 4.54. The van der Waals surface area contributed by atoms with Crippen molar-refractivity contribution in [1.82, 2.24) is 4.57 Å². The van der Waals surface area contributed by atoms with Gasteiger partial charge in [0.25, 0.3) is 0 Å². The van der Waals surface area contributed by atoms with Crippen LogP contribution in [0.5, 0.6) is 0 Å². The Labute approximate surface area is 148 Å². The molecule has 114 valence electrons. The van der Waals surface area contributed by atoms with Crippen LogP contribution in [0.1, 0.15) is 17.0 Å². The minimum absolute atomic E-state index is 0.898. The maximum absolute atomic E-state index is 5.50. The Bertz CT molecular complexity index is 886. The van der Waals surface area contributed by atoms with Crippen molar-refractivity contribution in [3.8, 4) is 11.4 Å². The Balaban J connectivity index is 2.27. The third-order valence-electron chi connectivity index (χ3n) is 3.66. The third kappa shape index (κ3) is 2.58. The van der Waals surface area contributed by atoms with Gasteiger partial charge in [-0.3, -0.25) is 4.57 Å². The van der Waals surface area contributed by atoms with Gasteiger partial charge in [-0.25, -0.2) is 0 Å². The van der Waals surface area contributed by atoms with Gasteiger partial charge in [-0.2, -0.15) is 0 Å². The number of rotatable bonds is 3. The van der Waals surface area contributed by atoms with E-state index in [1.807, 2.05) is 0 Å². The molecule has 1 aromatic carbocycles. The number of benzene rings is 1. The predicted octanol–water partition coefficient (Wildman–Crippen LogP) is 5.25. The number of hydrogen-bond acceptors (Lipinski definition) is 4. The topological polar surface area (TPSA) is 8.81 Å². The SMILES string of the molecule is CSc1scc(C)[n+]1-c1cccc(-n2c(C)csc2=S)c1C. The summed E-state index contributed by atoms with van der Waals surface area (Å²) in [5.74, 6) is 0. The van der Waals surface area contributed by atoms with E-state index in [-0.39, 0.29) is 0 Å². The lowest BCUT2D eigenvalue weighted by molar-refractivity contribution is -0.635. The molecule has 0 atom stereocenters. The molecule has 0 unspecified atom stereocenters. The maximum Gasteiger partial charge on any atom is 0.303 e. The first kappa shape index (κ1) is 15.9. The van der Waals surface area contributed by atoms with Crippen molar-refractivity contribution in [2.45, 2.75) is 25.1 Å². The minimum atomic E-state index is 0.898. The summed E-state index contributed by atoms with van der Waals surface area (Å²) >= 11 is 10.7. The highest BCUT2D eigenvalue weighted by atomic mass is 32.2. The van der Waals surface area contributed by atoms with E-state index >= 15 is 0 Å². The van der Waals surface area contributed by atoms with E-state index < -0.39 is 0 Å². The zero-order chi connectivity index (χ0) is 15.9. The second-order valence-electron chi connectivity index (χ2n) is 5.08. The minimum Gasteiger partial charge on any atom is -0.296 e. The Morgan fingerprint density at radius 3 is 2.55 bits per heavy atom. The summed E-state index contributed by atoms with van der Waals surface area (Å²) in [5.41, 5.74) is 6.11. The number of aromatic nitrogens is 2. The molecule has 3 rings (SSSR count). The van der Waals surface area contributed by atoms with E-state index in [9.17, 15) is 0 Å². The van der Waals surface area contributed by atoms with Crippen LogP contribution < -0.4 is 4.57 Å². The lowest BCUT2D eigenvalue weighted by Crippen LogP contribution is -2.34. The fourth-order valence-corrected chi connectivity index (χ4v) is 5.37. The molecule has 0 spiro atoms. The number of nitrogens with zero attached hydrogens (tertiary/aromatic N) is 2. The highest BCUT2D eigenvalue weighted by Gasteiger charge is 2.23. The van der Waals surface area contributed by atoms with Crippen molar-refractivity contribution >= 4 is 46.7 Å². The van der Waals surface area contributed by atoms with Crippen molar-refractivity contribution < 1.29 is 4.57 Å². The molecule has 0 fully saturated rings. The number of thiazole rings is 2. The number of aryl methyl sites for hydroxylation is 2. The smallest absolute Gasteiger partial charge is 0.296 e. The van der Waals surface area contributed by atoms with Gasteiger partial charge < -0.3 is 0 Å². The molecule has 0 saturated heterocycles. The molecule has 0 aliphatic heterocycles. The molecular formula is C16H17N2S4+. The van der Waals surface area contributed by atoms with Gasteiger partial charge in [0, 0.05) is 29.6 Å². The first-order valence-electron chi connectivity index (χ1n) is 6.86. The Hall–Kier alpha value is -0.950. The van der Waals surface area contributed by atoms with Crippen LogP contribution in [0.3, 0.4) is 0 Å². The molecule has 2 aromatic heterocycles. The van der Waals surface area contributed by atoms with Gasteiger partial charge in [-0.05, 0) is 50.1 Å². The summed E-state index contributed by atoms with van der Waals surface area (Å²) in [7, 11) is 0. The zero-order valence-electron chi connectivity index (χ0n) is 12.9. The molecule has 0 bridgehead atoms. The molecule has 0 radical (unpaired) electrons. The van der Waals surface area contributed by atoms with Crippen molar-refractivity contribution in [3.63, 3.8) is 0 Å². The molecular weight excluding hydrogens is 348 g/mol. The molecule has 3 aromatic rings. The summed E-state index contributed by atoms with van der Waals surface area (Å²) in [4.78, 5) is 0. The molecule has 0 aliphatic rings. The van der Waals surface area contributed by atoms with Crippen LogP contribution >= 0.6 is 46.7 Å². The highest BCUT2D eigenvalue weighted by Crippen LogP contribution is 2.26. The van der Waals surface area contributed by atoms with Gasteiger partial charge in [0.2, 0.25) is 5.69 Å². The van der Waals surface area contributed by atoms with Crippen LogP contribution in [0, 0.1) is 24.7 Å². The van der Waals surface area contributed by atoms with E-state index in [0.29, 0.717) is 0 Å². The summed E-state index contributed by atoms with van der Waals surface area (Å²) in [6.45, 7) is 6.44. The standard InChI is InChI=1S/C16H17N2S4/c1-10-8-21-15(19)17(10)13-6-5-7-14(12(13)3)18-11(2)9-22-16(18)20-4/h5-9H,1-4H3/q+1.